The Labute approximate surface area is 131 Å². The second-order valence-electron chi connectivity index (χ2n) is 6.27. The molecule has 1 aliphatic carbocycles. The third-order valence-electron chi connectivity index (χ3n) is 4.57. The van der Waals surface area contributed by atoms with Crippen LogP contribution >= 0.6 is 0 Å². The molecule has 0 aliphatic heterocycles. The summed E-state index contributed by atoms with van der Waals surface area (Å²) in [4.78, 5) is 0. The van der Waals surface area contributed by atoms with E-state index in [1.54, 1.807) is 0 Å². The van der Waals surface area contributed by atoms with E-state index in [0.717, 1.165) is 35.6 Å². The first-order valence-corrected chi connectivity index (χ1v) is 7.77. The zero-order valence-corrected chi connectivity index (χ0v) is 12.6. The largest absolute Gasteiger partial charge is 0.399 e. The monoisotopic (exact) mass is 291 g/mol. The molecule has 1 aliphatic rings. The molecule has 1 unspecified atom stereocenters. The highest BCUT2D eigenvalue weighted by molar-refractivity contribution is 5.48. The minimum Gasteiger partial charge on any atom is -0.399 e. The fraction of sp³-hybridized carbons (Fsp3) is 0.316. The first-order valence-electron chi connectivity index (χ1n) is 7.77. The van der Waals surface area contributed by atoms with Gasteiger partial charge < -0.3 is 11.5 Å². The molecule has 2 aromatic carbocycles. The van der Waals surface area contributed by atoms with Gasteiger partial charge in [-0.15, -0.1) is 0 Å². The van der Waals surface area contributed by atoms with Gasteiger partial charge in [0, 0.05) is 5.69 Å². The highest BCUT2D eigenvalue weighted by Crippen LogP contribution is 2.40. The topological polar surface area (TPSA) is 75.8 Å². The van der Waals surface area contributed by atoms with E-state index in [4.69, 9.17) is 16.7 Å². The van der Waals surface area contributed by atoms with Crippen molar-refractivity contribution < 1.29 is 0 Å². The van der Waals surface area contributed by atoms with E-state index in [9.17, 15) is 0 Å². The predicted octanol–water partition coefficient (Wildman–Crippen LogP) is 3.53. The van der Waals surface area contributed by atoms with Gasteiger partial charge in [-0.2, -0.15) is 5.26 Å². The summed E-state index contributed by atoms with van der Waals surface area (Å²) in [5, 5.41) is 8.97. The van der Waals surface area contributed by atoms with Crippen LogP contribution in [0.1, 0.15) is 42.4 Å². The normalized spacial score (nSPS) is 16.7. The number of benzene rings is 2. The molecule has 1 fully saturated rings. The number of nitrogen functional groups attached to an aromatic ring is 1. The number of nitrogens with two attached hydrogens (primary N) is 2. The molecule has 1 atom stereocenters. The summed E-state index contributed by atoms with van der Waals surface area (Å²) < 4.78 is 0. The Hall–Kier alpha value is -2.31. The lowest BCUT2D eigenvalue weighted by Crippen LogP contribution is -2.38. The summed E-state index contributed by atoms with van der Waals surface area (Å²) >= 11 is 0. The molecule has 0 amide bonds. The zero-order chi connectivity index (χ0) is 15.6. The smallest absolute Gasteiger partial charge is 0.0991 e. The van der Waals surface area contributed by atoms with Crippen LogP contribution in [-0.2, 0) is 5.54 Å². The van der Waals surface area contributed by atoms with E-state index in [-0.39, 0.29) is 0 Å². The van der Waals surface area contributed by atoms with Crippen LogP contribution in [0.3, 0.4) is 0 Å². The molecule has 3 heteroatoms. The van der Waals surface area contributed by atoms with Crippen molar-refractivity contribution in [2.45, 2.75) is 31.2 Å². The molecule has 22 heavy (non-hydrogen) atoms. The van der Waals surface area contributed by atoms with Crippen molar-refractivity contribution >= 4 is 5.69 Å². The molecule has 0 heterocycles. The maximum atomic E-state index is 8.97. The van der Waals surface area contributed by atoms with Gasteiger partial charge in [0.2, 0.25) is 0 Å². The summed E-state index contributed by atoms with van der Waals surface area (Å²) in [6.07, 6.45) is 4.67. The molecule has 112 valence electrons. The van der Waals surface area contributed by atoms with Crippen LogP contribution in [0.15, 0.2) is 48.5 Å². The fourth-order valence-electron chi connectivity index (χ4n) is 2.95. The first kappa shape index (κ1) is 14.6. The highest BCUT2D eigenvalue weighted by Gasteiger charge is 2.32. The van der Waals surface area contributed by atoms with Crippen LogP contribution in [0.2, 0.25) is 0 Å². The van der Waals surface area contributed by atoms with Gasteiger partial charge in [0.15, 0.2) is 0 Å². The van der Waals surface area contributed by atoms with Gasteiger partial charge in [0.25, 0.3) is 0 Å². The molecule has 0 radical (unpaired) electrons. The summed E-state index contributed by atoms with van der Waals surface area (Å²) in [6.45, 7) is 0. The molecule has 4 N–H and O–H groups in total. The summed E-state index contributed by atoms with van der Waals surface area (Å²) in [7, 11) is 0. The second kappa shape index (κ2) is 5.82. The lowest BCUT2D eigenvalue weighted by molar-refractivity contribution is 0.455. The fourth-order valence-corrected chi connectivity index (χ4v) is 2.95. The van der Waals surface area contributed by atoms with Crippen molar-refractivity contribution in [1.29, 1.82) is 5.26 Å². The van der Waals surface area contributed by atoms with E-state index in [1.165, 1.54) is 12.8 Å². The quantitative estimate of drug-likeness (QED) is 0.827. The zero-order valence-electron chi connectivity index (χ0n) is 12.6. The summed E-state index contributed by atoms with van der Waals surface area (Å²) in [5.41, 5.74) is 15.7. The van der Waals surface area contributed by atoms with Gasteiger partial charge in [-0.05, 0) is 54.2 Å². The molecule has 0 spiro atoms. The van der Waals surface area contributed by atoms with Crippen molar-refractivity contribution in [3.8, 4) is 6.07 Å². The Kier molecular flexibility index (Phi) is 3.87. The molecule has 3 rings (SSSR count). The van der Waals surface area contributed by atoms with E-state index < -0.39 is 5.54 Å². The van der Waals surface area contributed by atoms with Crippen LogP contribution < -0.4 is 11.5 Å². The molecular formula is C19H21N3. The van der Waals surface area contributed by atoms with Gasteiger partial charge in [-0.1, -0.05) is 37.1 Å². The van der Waals surface area contributed by atoms with E-state index in [0.29, 0.717) is 5.56 Å². The molecule has 0 saturated heterocycles. The van der Waals surface area contributed by atoms with Crippen molar-refractivity contribution in [1.82, 2.24) is 0 Å². The van der Waals surface area contributed by atoms with E-state index in [1.807, 2.05) is 48.5 Å². The minimum absolute atomic E-state index is 0.550. The maximum absolute atomic E-state index is 8.97. The number of nitrogens with zero attached hydrogens (tertiary/aromatic N) is 1. The number of anilines is 1. The van der Waals surface area contributed by atoms with Gasteiger partial charge >= 0.3 is 0 Å². The summed E-state index contributed by atoms with van der Waals surface area (Å²) in [6, 6.07) is 17.6. The average molecular weight is 291 g/mol. The number of hydrogen-bond donors (Lipinski definition) is 2. The molecule has 0 aromatic heterocycles. The predicted molar refractivity (Wildman–Crippen MR) is 88.9 cm³/mol. The van der Waals surface area contributed by atoms with Crippen LogP contribution in [0.25, 0.3) is 0 Å². The third kappa shape index (κ3) is 2.98. The highest BCUT2D eigenvalue weighted by atomic mass is 14.7. The van der Waals surface area contributed by atoms with Crippen LogP contribution in [0.4, 0.5) is 5.69 Å². The van der Waals surface area contributed by atoms with Crippen molar-refractivity contribution in [3.05, 3.63) is 65.2 Å². The SMILES string of the molecule is N#Cc1ccc(C(N)(CCC2CC2)c2cccc(N)c2)cc1. The van der Waals surface area contributed by atoms with Gasteiger partial charge in [-0.25, -0.2) is 0 Å². The van der Waals surface area contributed by atoms with Crippen LogP contribution in [0.5, 0.6) is 0 Å². The van der Waals surface area contributed by atoms with Crippen LogP contribution in [-0.4, -0.2) is 0 Å². The molecule has 3 nitrogen and oxygen atoms in total. The third-order valence-corrected chi connectivity index (χ3v) is 4.57. The van der Waals surface area contributed by atoms with E-state index in [2.05, 4.69) is 6.07 Å². The number of hydrogen-bond acceptors (Lipinski definition) is 3. The van der Waals surface area contributed by atoms with Crippen molar-refractivity contribution in [2.24, 2.45) is 11.7 Å². The lowest BCUT2D eigenvalue weighted by Gasteiger charge is -2.31. The lowest BCUT2D eigenvalue weighted by atomic mass is 9.79. The number of nitriles is 1. The Bertz CT molecular complexity index is 695. The molecule has 0 bridgehead atoms. The summed E-state index contributed by atoms with van der Waals surface area (Å²) in [5.74, 6) is 0.822. The molecular weight excluding hydrogens is 270 g/mol. The van der Waals surface area contributed by atoms with Gasteiger partial charge in [0.05, 0.1) is 17.2 Å². The Morgan fingerprint density at radius 2 is 1.82 bits per heavy atom. The minimum atomic E-state index is -0.550. The van der Waals surface area contributed by atoms with Gasteiger partial charge in [-0.3, -0.25) is 0 Å². The van der Waals surface area contributed by atoms with Crippen molar-refractivity contribution in [2.75, 3.05) is 5.73 Å². The maximum Gasteiger partial charge on any atom is 0.0991 e. The van der Waals surface area contributed by atoms with Gasteiger partial charge in [0.1, 0.15) is 0 Å². The first-order chi connectivity index (χ1) is 10.6. The average Bonchev–Trinajstić information content (AvgIpc) is 3.37. The Balaban J connectivity index is 1.98. The second-order valence-corrected chi connectivity index (χ2v) is 6.27. The van der Waals surface area contributed by atoms with E-state index >= 15 is 0 Å². The van der Waals surface area contributed by atoms with Crippen molar-refractivity contribution in [3.63, 3.8) is 0 Å². The standard InChI is InChI=1S/C19H21N3/c20-13-15-6-8-16(9-7-15)19(22,11-10-14-4-5-14)17-2-1-3-18(21)12-17/h1-3,6-9,12,14H,4-5,10-11,21-22H2. The van der Waals surface area contributed by atoms with Crippen LogP contribution in [0, 0.1) is 17.2 Å². The molecule has 2 aromatic rings. The Morgan fingerprint density at radius 1 is 1.09 bits per heavy atom. The molecule has 1 saturated carbocycles. The Morgan fingerprint density at radius 3 is 2.41 bits per heavy atom. The number of rotatable bonds is 5.